The topological polar surface area (TPSA) is 121 Å². The first-order chi connectivity index (χ1) is 14.4. The minimum absolute atomic E-state index is 0.00115. The van der Waals surface area contributed by atoms with Crippen LogP contribution >= 0.6 is 0 Å². The molecule has 3 aliphatic heterocycles. The summed E-state index contributed by atoms with van der Waals surface area (Å²) in [6.07, 6.45) is 0.0610. The van der Waals surface area contributed by atoms with E-state index in [4.69, 9.17) is 0 Å². The zero-order chi connectivity index (χ0) is 21.2. The molecule has 9 heteroatoms. The average molecular weight is 403 g/mol. The van der Waals surface area contributed by atoms with E-state index in [0.29, 0.717) is 0 Å². The van der Waals surface area contributed by atoms with Gasteiger partial charge in [0.15, 0.2) is 0 Å². The first-order valence-corrected chi connectivity index (χ1v) is 9.22. The van der Waals surface area contributed by atoms with E-state index >= 15 is 0 Å². The number of amides is 6. The highest BCUT2D eigenvalue weighted by Crippen LogP contribution is 2.33. The van der Waals surface area contributed by atoms with E-state index in [-0.39, 0.29) is 40.8 Å². The summed E-state index contributed by atoms with van der Waals surface area (Å²) in [5, 5.41) is 2.13. The Labute approximate surface area is 169 Å². The molecule has 1 fully saturated rings. The molecule has 5 rings (SSSR count). The second-order valence-corrected chi connectivity index (χ2v) is 7.17. The van der Waals surface area contributed by atoms with Crippen LogP contribution in [0.25, 0.3) is 0 Å². The Morgan fingerprint density at radius 2 is 1.33 bits per heavy atom. The number of imide groups is 3. The third kappa shape index (κ3) is 2.35. The molecule has 0 saturated carbocycles. The van der Waals surface area contributed by atoms with Crippen molar-refractivity contribution in [2.24, 2.45) is 0 Å². The minimum atomic E-state index is -1.09. The second-order valence-electron chi connectivity index (χ2n) is 7.17. The van der Waals surface area contributed by atoms with Crippen molar-refractivity contribution in [3.8, 4) is 0 Å². The van der Waals surface area contributed by atoms with Gasteiger partial charge in [-0.1, -0.05) is 12.1 Å². The van der Waals surface area contributed by atoms with Crippen LogP contribution in [0.1, 0.15) is 54.3 Å². The molecule has 0 aromatic heterocycles. The minimum Gasteiger partial charge on any atom is -0.295 e. The number of fused-ring (bicyclic) bond motifs is 2. The molecule has 1 unspecified atom stereocenters. The lowest BCUT2D eigenvalue weighted by atomic mass is 10.0. The van der Waals surface area contributed by atoms with Gasteiger partial charge in [0.1, 0.15) is 6.04 Å². The number of nitrogens with one attached hydrogen (secondary N) is 1. The number of hydrogen-bond acceptors (Lipinski definition) is 6. The Morgan fingerprint density at radius 1 is 0.733 bits per heavy atom. The number of anilines is 1. The van der Waals surface area contributed by atoms with Crippen LogP contribution in [0.3, 0.4) is 0 Å². The SMILES string of the molecule is O=C1CCC(N2C(=O)c3ccc(N4C(=O)c5ccccc5C4=O)cc3C2=O)C(=O)N1. The molecule has 148 valence electrons. The van der Waals surface area contributed by atoms with E-state index in [2.05, 4.69) is 5.32 Å². The average Bonchev–Trinajstić information content (AvgIpc) is 3.13. The number of nitrogens with zero attached hydrogens (tertiary/aromatic N) is 2. The van der Waals surface area contributed by atoms with Crippen molar-refractivity contribution in [1.29, 1.82) is 0 Å². The lowest BCUT2D eigenvalue weighted by molar-refractivity contribution is -0.136. The normalized spacial score (nSPS) is 20.6. The Hall–Kier alpha value is -4.14. The summed E-state index contributed by atoms with van der Waals surface area (Å²) >= 11 is 0. The van der Waals surface area contributed by atoms with Gasteiger partial charge in [-0.2, -0.15) is 0 Å². The van der Waals surface area contributed by atoms with E-state index in [1.165, 1.54) is 18.2 Å². The molecular weight excluding hydrogens is 390 g/mol. The maximum absolute atomic E-state index is 12.9. The molecule has 3 heterocycles. The van der Waals surface area contributed by atoms with E-state index < -0.39 is 41.5 Å². The monoisotopic (exact) mass is 403 g/mol. The van der Waals surface area contributed by atoms with Gasteiger partial charge in [-0.15, -0.1) is 0 Å². The molecule has 30 heavy (non-hydrogen) atoms. The van der Waals surface area contributed by atoms with Gasteiger partial charge in [-0.3, -0.25) is 39.0 Å². The fourth-order valence-corrected chi connectivity index (χ4v) is 4.02. The zero-order valence-electron chi connectivity index (χ0n) is 15.4. The fourth-order valence-electron chi connectivity index (χ4n) is 4.02. The summed E-state index contributed by atoms with van der Waals surface area (Å²) < 4.78 is 0. The molecule has 2 aromatic rings. The molecule has 0 spiro atoms. The lowest BCUT2D eigenvalue weighted by Crippen LogP contribution is -2.54. The molecule has 6 amide bonds. The lowest BCUT2D eigenvalue weighted by Gasteiger charge is -2.27. The fraction of sp³-hybridized carbons (Fsp3) is 0.143. The van der Waals surface area contributed by atoms with Gasteiger partial charge in [-0.25, -0.2) is 4.90 Å². The number of hydrogen-bond donors (Lipinski definition) is 1. The number of rotatable bonds is 2. The predicted octanol–water partition coefficient (Wildman–Crippen LogP) is 0.888. The number of piperidine rings is 1. The summed E-state index contributed by atoms with van der Waals surface area (Å²) in [5.41, 5.74) is 0.751. The molecule has 0 radical (unpaired) electrons. The molecule has 0 bridgehead atoms. The largest absolute Gasteiger partial charge is 0.295 e. The molecule has 2 aromatic carbocycles. The second kappa shape index (κ2) is 6.18. The summed E-state index contributed by atoms with van der Waals surface area (Å²) in [4.78, 5) is 76.4. The summed E-state index contributed by atoms with van der Waals surface area (Å²) in [7, 11) is 0. The van der Waals surface area contributed by atoms with Gasteiger partial charge in [0.25, 0.3) is 23.6 Å². The highest BCUT2D eigenvalue weighted by atomic mass is 16.2. The van der Waals surface area contributed by atoms with Gasteiger partial charge in [0.05, 0.1) is 27.9 Å². The highest BCUT2D eigenvalue weighted by molar-refractivity contribution is 6.35. The molecule has 9 nitrogen and oxygen atoms in total. The number of carbonyl (C=O) groups excluding carboxylic acids is 6. The van der Waals surface area contributed by atoms with Crippen molar-refractivity contribution in [2.45, 2.75) is 18.9 Å². The van der Waals surface area contributed by atoms with Crippen molar-refractivity contribution in [3.63, 3.8) is 0 Å². The molecular formula is C21H13N3O6. The molecule has 3 aliphatic rings. The Bertz CT molecular complexity index is 1180. The summed E-state index contributed by atoms with van der Waals surface area (Å²) in [5.74, 6) is -3.56. The van der Waals surface area contributed by atoms with Crippen LogP contribution in [0.4, 0.5) is 5.69 Å². The van der Waals surface area contributed by atoms with E-state index in [0.717, 1.165) is 9.80 Å². The predicted molar refractivity (Wildman–Crippen MR) is 101 cm³/mol. The van der Waals surface area contributed by atoms with Crippen LogP contribution in [0, 0.1) is 0 Å². The van der Waals surface area contributed by atoms with Crippen molar-refractivity contribution < 1.29 is 28.8 Å². The van der Waals surface area contributed by atoms with Crippen LogP contribution in [-0.2, 0) is 9.59 Å². The van der Waals surface area contributed by atoms with Crippen molar-refractivity contribution in [2.75, 3.05) is 4.90 Å². The smallest absolute Gasteiger partial charge is 0.266 e. The van der Waals surface area contributed by atoms with Crippen LogP contribution in [0.2, 0.25) is 0 Å². The van der Waals surface area contributed by atoms with Gasteiger partial charge in [0.2, 0.25) is 11.8 Å². The van der Waals surface area contributed by atoms with Gasteiger partial charge < -0.3 is 0 Å². The van der Waals surface area contributed by atoms with Crippen LogP contribution in [0.5, 0.6) is 0 Å². The van der Waals surface area contributed by atoms with Crippen molar-refractivity contribution in [1.82, 2.24) is 10.2 Å². The number of carbonyl (C=O) groups is 6. The van der Waals surface area contributed by atoms with Gasteiger partial charge >= 0.3 is 0 Å². The van der Waals surface area contributed by atoms with Crippen LogP contribution < -0.4 is 10.2 Å². The van der Waals surface area contributed by atoms with Gasteiger partial charge in [-0.05, 0) is 36.8 Å². The number of benzene rings is 2. The van der Waals surface area contributed by atoms with Crippen molar-refractivity contribution in [3.05, 3.63) is 64.7 Å². The van der Waals surface area contributed by atoms with E-state index in [9.17, 15) is 28.8 Å². The van der Waals surface area contributed by atoms with Crippen LogP contribution in [0.15, 0.2) is 42.5 Å². The first-order valence-electron chi connectivity index (χ1n) is 9.22. The standard InChI is InChI=1S/C21H13N3O6/c25-16-8-7-15(17(26)22-16)24-20(29)13-6-5-10(9-14(13)21(24)30)23-18(27)11-3-1-2-4-12(11)19(23)28/h1-6,9,15H,7-8H2,(H,22,25,26). The van der Waals surface area contributed by atoms with Gasteiger partial charge in [0, 0.05) is 6.42 Å². The third-order valence-electron chi connectivity index (χ3n) is 5.48. The molecule has 1 saturated heterocycles. The highest BCUT2D eigenvalue weighted by Gasteiger charge is 2.45. The maximum atomic E-state index is 12.9. The zero-order valence-corrected chi connectivity index (χ0v) is 15.4. The Morgan fingerprint density at radius 3 is 1.97 bits per heavy atom. The Balaban J connectivity index is 1.51. The van der Waals surface area contributed by atoms with E-state index in [1.807, 2.05) is 0 Å². The Kier molecular flexibility index (Phi) is 3.69. The third-order valence-corrected chi connectivity index (χ3v) is 5.48. The molecule has 1 N–H and O–H groups in total. The van der Waals surface area contributed by atoms with Crippen molar-refractivity contribution >= 4 is 41.1 Å². The summed E-state index contributed by atoms with van der Waals surface area (Å²) in [6, 6.07) is 9.39. The first kappa shape index (κ1) is 17.9. The van der Waals surface area contributed by atoms with Crippen LogP contribution in [-0.4, -0.2) is 46.4 Å². The van der Waals surface area contributed by atoms with E-state index in [1.54, 1.807) is 24.3 Å². The maximum Gasteiger partial charge on any atom is 0.266 e. The summed E-state index contributed by atoms with van der Waals surface area (Å²) in [6.45, 7) is 0. The molecule has 0 aliphatic carbocycles. The quantitative estimate of drug-likeness (QED) is 0.744. The molecule has 1 atom stereocenters.